The predicted molar refractivity (Wildman–Crippen MR) is 74.8 cm³/mol. The van der Waals surface area contributed by atoms with Gasteiger partial charge in [-0.3, -0.25) is 0 Å². The number of ether oxygens (including phenoxy) is 1. The van der Waals surface area contributed by atoms with Gasteiger partial charge in [-0.05, 0) is 41.8 Å². The molecule has 1 nitrogen and oxygen atoms in total. The molecule has 0 bridgehead atoms. The zero-order valence-electron chi connectivity index (χ0n) is 10.1. The van der Waals surface area contributed by atoms with Crippen LogP contribution in [-0.4, -0.2) is 7.11 Å². The van der Waals surface area contributed by atoms with E-state index in [1.807, 2.05) is 30.3 Å². The van der Waals surface area contributed by atoms with E-state index in [1.165, 1.54) is 11.6 Å². The molecule has 0 spiro atoms. The third-order valence-electron chi connectivity index (χ3n) is 2.78. The summed E-state index contributed by atoms with van der Waals surface area (Å²) in [5, 5.41) is 0. The number of methoxy groups -OCH3 is 1. The molecule has 0 aliphatic heterocycles. The highest BCUT2D eigenvalue weighted by Gasteiger charge is 2.09. The van der Waals surface area contributed by atoms with E-state index in [0.717, 1.165) is 17.7 Å². The van der Waals surface area contributed by atoms with Gasteiger partial charge in [-0.2, -0.15) is 0 Å². The molecule has 0 amide bonds. The Morgan fingerprint density at radius 1 is 1.17 bits per heavy atom. The second-order valence-electron chi connectivity index (χ2n) is 4.07. The van der Waals surface area contributed by atoms with Gasteiger partial charge >= 0.3 is 0 Å². The third-order valence-corrected chi connectivity index (χ3v) is 3.64. The molecule has 1 atom stereocenters. The first-order chi connectivity index (χ1) is 8.69. The van der Waals surface area contributed by atoms with Crippen molar-refractivity contribution in [2.45, 2.75) is 11.2 Å². The number of rotatable bonds is 4. The summed E-state index contributed by atoms with van der Waals surface area (Å²) in [6.07, 6.45) is 0.813. The summed E-state index contributed by atoms with van der Waals surface area (Å²) in [7, 11) is 1.65. The standard InChI is InChI=1S/C15H14BrFO/c1-18-14-7-5-11(6-8-14)9-15(16)12-3-2-4-13(17)10-12/h2-8,10,15H,9H2,1H3. The highest BCUT2D eigenvalue weighted by Crippen LogP contribution is 2.28. The quantitative estimate of drug-likeness (QED) is 0.755. The second kappa shape index (κ2) is 6.01. The van der Waals surface area contributed by atoms with Crippen LogP contribution in [0.3, 0.4) is 0 Å². The molecule has 3 heteroatoms. The van der Waals surface area contributed by atoms with Crippen LogP contribution in [0.15, 0.2) is 48.5 Å². The van der Waals surface area contributed by atoms with E-state index in [0.29, 0.717) is 0 Å². The molecule has 18 heavy (non-hydrogen) atoms. The Morgan fingerprint density at radius 2 is 1.89 bits per heavy atom. The molecule has 1 unspecified atom stereocenters. The van der Waals surface area contributed by atoms with Gasteiger partial charge in [0.1, 0.15) is 11.6 Å². The molecule has 2 aromatic carbocycles. The first-order valence-electron chi connectivity index (χ1n) is 5.71. The smallest absolute Gasteiger partial charge is 0.123 e. The Kier molecular flexibility index (Phi) is 4.37. The van der Waals surface area contributed by atoms with Gasteiger partial charge in [0.25, 0.3) is 0 Å². The van der Waals surface area contributed by atoms with Crippen LogP contribution in [0, 0.1) is 5.82 Å². The number of hydrogen-bond donors (Lipinski definition) is 0. The van der Waals surface area contributed by atoms with Gasteiger partial charge in [0, 0.05) is 4.83 Å². The molecule has 0 saturated carbocycles. The average Bonchev–Trinajstić information content (AvgIpc) is 2.39. The molecular formula is C15H14BrFO. The van der Waals surface area contributed by atoms with Crippen LogP contribution in [0.2, 0.25) is 0 Å². The summed E-state index contributed by atoms with van der Waals surface area (Å²) < 4.78 is 18.2. The molecule has 0 heterocycles. The van der Waals surface area contributed by atoms with Crippen molar-refractivity contribution in [3.05, 3.63) is 65.5 Å². The Hall–Kier alpha value is -1.35. The van der Waals surface area contributed by atoms with Crippen molar-refractivity contribution < 1.29 is 9.13 Å². The van der Waals surface area contributed by atoms with E-state index in [-0.39, 0.29) is 10.6 Å². The SMILES string of the molecule is COc1ccc(CC(Br)c2cccc(F)c2)cc1. The zero-order chi connectivity index (χ0) is 13.0. The van der Waals surface area contributed by atoms with Crippen molar-refractivity contribution in [3.63, 3.8) is 0 Å². The molecular weight excluding hydrogens is 295 g/mol. The van der Waals surface area contributed by atoms with E-state index in [2.05, 4.69) is 15.9 Å². The van der Waals surface area contributed by atoms with Crippen LogP contribution in [-0.2, 0) is 6.42 Å². The summed E-state index contributed by atoms with van der Waals surface area (Å²) in [5.41, 5.74) is 2.13. The van der Waals surface area contributed by atoms with Crippen LogP contribution in [0.4, 0.5) is 4.39 Å². The Bertz CT molecular complexity index is 510. The van der Waals surface area contributed by atoms with Gasteiger partial charge < -0.3 is 4.74 Å². The topological polar surface area (TPSA) is 9.23 Å². The van der Waals surface area contributed by atoms with Crippen LogP contribution < -0.4 is 4.74 Å². The van der Waals surface area contributed by atoms with Crippen molar-refractivity contribution in [3.8, 4) is 5.75 Å². The first-order valence-corrected chi connectivity index (χ1v) is 6.63. The van der Waals surface area contributed by atoms with Gasteiger partial charge in [-0.15, -0.1) is 0 Å². The normalized spacial score (nSPS) is 12.2. The lowest BCUT2D eigenvalue weighted by molar-refractivity contribution is 0.414. The fraction of sp³-hybridized carbons (Fsp3) is 0.200. The number of halogens is 2. The van der Waals surface area contributed by atoms with Crippen LogP contribution in [0.25, 0.3) is 0 Å². The lowest BCUT2D eigenvalue weighted by Crippen LogP contribution is -1.96. The highest BCUT2D eigenvalue weighted by atomic mass is 79.9. The molecule has 94 valence electrons. The van der Waals surface area contributed by atoms with Crippen molar-refractivity contribution in [1.82, 2.24) is 0 Å². The van der Waals surface area contributed by atoms with Gasteiger partial charge in [0.15, 0.2) is 0 Å². The Balaban J connectivity index is 2.08. The molecule has 0 fully saturated rings. The number of hydrogen-bond acceptors (Lipinski definition) is 1. The van der Waals surface area contributed by atoms with Crippen LogP contribution in [0.1, 0.15) is 16.0 Å². The average molecular weight is 309 g/mol. The largest absolute Gasteiger partial charge is 0.497 e. The highest BCUT2D eigenvalue weighted by molar-refractivity contribution is 9.09. The van der Waals surface area contributed by atoms with Crippen molar-refractivity contribution in [1.29, 1.82) is 0 Å². The van der Waals surface area contributed by atoms with Gasteiger partial charge in [-0.1, -0.05) is 40.2 Å². The minimum Gasteiger partial charge on any atom is -0.497 e. The van der Waals surface area contributed by atoms with Gasteiger partial charge in [0.05, 0.1) is 7.11 Å². The molecule has 0 radical (unpaired) electrons. The maximum Gasteiger partial charge on any atom is 0.123 e. The van der Waals surface area contributed by atoms with Crippen molar-refractivity contribution in [2.24, 2.45) is 0 Å². The predicted octanol–water partition coefficient (Wildman–Crippen LogP) is 4.51. The fourth-order valence-corrected chi connectivity index (χ4v) is 2.45. The minimum atomic E-state index is -0.202. The maximum atomic E-state index is 13.1. The van der Waals surface area contributed by atoms with E-state index >= 15 is 0 Å². The molecule has 2 rings (SSSR count). The van der Waals surface area contributed by atoms with E-state index < -0.39 is 0 Å². The third kappa shape index (κ3) is 3.33. The Morgan fingerprint density at radius 3 is 2.50 bits per heavy atom. The molecule has 0 aromatic heterocycles. The van der Waals surface area contributed by atoms with E-state index in [9.17, 15) is 4.39 Å². The second-order valence-corrected chi connectivity index (χ2v) is 5.18. The zero-order valence-corrected chi connectivity index (χ0v) is 11.7. The summed E-state index contributed by atoms with van der Waals surface area (Å²) in [4.78, 5) is 0.113. The Labute approximate surface area is 115 Å². The molecule has 0 aliphatic rings. The van der Waals surface area contributed by atoms with Gasteiger partial charge in [0.2, 0.25) is 0 Å². The maximum absolute atomic E-state index is 13.1. The molecule has 0 N–H and O–H groups in total. The number of benzene rings is 2. The van der Waals surface area contributed by atoms with Crippen molar-refractivity contribution in [2.75, 3.05) is 7.11 Å². The van der Waals surface area contributed by atoms with Gasteiger partial charge in [-0.25, -0.2) is 4.39 Å². The number of alkyl halides is 1. The lowest BCUT2D eigenvalue weighted by Gasteiger charge is -2.11. The first kappa shape index (κ1) is 13.1. The molecule has 2 aromatic rings. The summed E-state index contributed by atoms with van der Waals surface area (Å²) in [5.74, 6) is 0.641. The van der Waals surface area contributed by atoms with Crippen LogP contribution >= 0.6 is 15.9 Å². The van der Waals surface area contributed by atoms with E-state index in [4.69, 9.17) is 4.74 Å². The summed E-state index contributed by atoms with van der Waals surface area (Å²) in [6.45, 7) is 0. The summed E-state index contributed by atoms with van der Waals surface area (Å²) >= 11 is 3.59. The van der Waals surface area contributed by atoms with Crippen molar-refractivity contribution >= 4 is 15.9 Å². The van der Waals surface area contributed by atoms with E-state index in [1.54, 1.807) is 19.2 Å². The monoisotopic (exact) mass is 308 g/mol. The minimum absolute atomic E-state index is 0.113. The molecule has 0 aliphatic carbocycles. The fourth-order valence-electron chi connectivity index (χ4n) is 1.79. The molecule has 0 saturated heterocycles. The van der Waals surface area contributed by atoms with Crippen LogP contribution in [0.5, 0.6) is 5.75 Å². The summed E-state index contributed by atoms with van der Waals surface area (Å²) in [6, 6.07) is 14.6. The lowest BCUT2D eigenvalue weighted by atomic mass is 10.0.